The molecule has 11 aromatic rings. The van der Waals surface area contributed by atoms with Gasteiger partial charge in [-0.3, -0.25) is 0 Å². The molecule has 0 radical (unpaired) electrons. The lowest BCUT2D eigenvalue weighted by atomic mass is 9.92. The van der Waals surface area contributed by atoms with E-state index in [0.717, 1.165) is 60.9 Å². The molecule has 0 unspecified atom stereocenters. The van der Waals surface area contributed by atoms with Crippen LogP contribution >= 0.6 is 11.3 Å². The Kier molecular flexibility index (Phi) is 7.64. The van der Waals surface area contributed by atoms with Crippen LogP contribution in [0.25, 0.3) is 110 Å². The molecule has 0 amide bonds. The van der Waals surface area contributed by atoms with Gasteiger partial charge in [0.25, 0.3) is 0 Å². The van der Waals surface area contributed by atoms with Crippen LogP contribution < -0.4 is 0 Å². The van der Waals surface area contributed by atoms with Crippen molar-refractivity contribution in [3.63, 3.8) is 0 Å². The van der Waals surface area contributed by atoms with Crippen molar-refractivity contribution in [3.8, 4) is 67.5 Å². The fourth-order valence-corrected chi connectivity index (χ4v) is 9.08. The molecule has 0 atom stereocenters. The molecule has 0 fully saturated rings. The molecule has 0 spiro atoms. The first kappa shape index (κ1) is 32.2. The Bertz CT molecular complexity index is 3180. The molecule has 3 heterocycles. The van der Waals surface area contributed by atoms with Gasteiger partial charge in [-0.25, -0.2) is 15.0 Å². The van der Waals surface area contributed by atoms with Crippen molar-refractivity contribution in [2.24, 2.45) is 0 Å². The summed E-state index contributed by atoms with van der Waals surface area (Å²) in [6.45, 7) is 0. The average Bonchev–Trinajstić information content (AvgIpc) is 3.86. The van der Waals surface area contributed by atoms with Crippen molar-refractivity contribution >= 4 is 53.4 Å². The normalized spacial score (nSPS) is 11.6. The van der Waals surface area contributed by atoms with E-state index in [1.807, 2.05) is 78.1 Å². The Labute approximate surface area is 327 Å². The molecule has 0 aliphatic carbocycles. The van der Waals surface area contributed by atoms with E-state index in [0.29, 0.717) is 17.5 Å². The van der Waals surface area contributed by atoms with Crippen LogP contribution in [0.3, 0.4) is 0 Å². The summed E-state index contributed by atoms with van der Waals surface area (Å²) in [7, 11) is 0. The fourth-order valence-electron chi connectivity index (χ4n) is 7.90. The number of thiophene rings is 1. The predicted molar refractivity (Wildman–Crippen MR) is 233 cm³/mol. The smallest absolute Gasteiger partial charge is 0.164 e. The molecule has 262 valence electrons. The monoisotopic (exact) mass is 733 g/mol. The van der Waals surface area contributed by atoms with Gasteiger partial charge < -0.3 is 4.42 Å². The minimum Gasteiger partial charge on any atom is -0.455 e. The molecular formula is C51H31N3OS. The van der Waals surface area contributed by atoms with E-state index in [1.54, 1.807) is 0 Å². The summed E-state index contributed by atoms with van der Waals surface area (Å²) >= 11 is 1.84. The summed E-state index contributed by atoms with van der Waals surface area (Å²) in [4.78, 5) is 15.0. The SMILES string of the molecule is c1ccc(-c2ccc3c(c2)sc2cccc(-c4ccc(-c5cccc(-c6nc(-c7ccccc7)nc(-c7ccccc7)n6)c5)c5c4oc4ccccc45)c23)cc1. The highest BCUT2D eigenvalue weighted by atomic mass is 32.1. The standard InChI is InChI=1S/C51H31N3OS/c1-4-14-32(15-5-1)35-26-27-42-45(31-35)56-44-25-13-23-39(46(42)44)40-29-28-38(47-41-22-10-11-24-43(41)55-48(40)47)36-20-12-21-37(30-36)51-53-49(33-16-6-2-7-17-33)52-50(54-51)34-18-8-3-9-19-34/h1-31H. The molecule has 0 aliphatic rings. The van der Waals surface area contributed by atoms with Crippen LogP contribution in [0.2, 0.25) is 0 Å². The number of fused-ring (bicyclic) bond motifs is 6. The van der Waals surface area contributed by atoms with Crippen molar-refractivity contribution in [1.82, 2.24) is 15.0 Å². The first-order chi connectivity index (χ1) is 27.7. The van der Waals surface area contributed by atoms with Gasteiger partial charge in [-0.15, -0.1) is 11.3 Å². The van der Waals surface area contributed by atoms with Gasteiger partial charge in [-0.2, -0.15) is 0 Å². The maximum Gasteiger partial charge on any atom is 0.164 e. The maximum absolute atomic E-state index is 6.83. The summed E-state index contributed by atoms with van der Waals surface area (Å²) < 4.78 is 9.36. The van der Waals surface area contributed by atoms with Crippen LogP contribution in [0.1, 0.15) is 0 Å². The molecule has 11 rings (SSSR count). The van der Waals surface area contributed by atoms with E-state index in [1.165, 1.54) is 31.3 Å². The van der Waals surface area contributed by atoms with Crippen LogP contribution in [-0.4, -0.2) is 15.0 Å². The number of benzene rings is 8. The van der Waals surface area contributed by atoms with Gasteiger partial charge in [0, 0.05) is 53.2 Å². The summed E-state index contributed by atoms with van der Waals surface area (Å²) in [5, 5.41) is 4.67. The lowest BCUT2D eigenvalue weighted by Gasteiger charge is -2.12. The van der Waals surface area contributed by atoms with E-state index in [2.05, 4.69) is 121 Å². The predicted octanol–water partition coefficient (Wildman–Crippen LogP) is 14.1. The Hall–Kier alpha value is -7.21. The van der Waals surface area contributed by atoms with Gasteiger partial charge in [-0.05, 0) is 58.1 Å². The van der Waals surface area contributed by atoms with Crippen molar-refractivity contribution < 1.29 is 4.42 Å². The highest BCUT2D eigenvalue weighted by Crippen LogP contribution is 2.47. The zero-order valence-electron chi connectivity index (χ0n) is 30.1. The largest absolute Gasteiger partial charge is 0.455 e. The number of furan rings is 1. The third kappa shape index (κ3) is 5.48. The van der Waals surface area contributed by atoms with Gasteiger partial charge in [0.1, 0.15) is 11.2 Å². The van der Waals surface area contributed by atoms with Crippen LogP contribution in [0.5, 0.6) is 0 Å². The maximum atomic E-state index is 6.83. The van der Waals surface area contributed by atoms with Gasteiger partial charge in [0.05, 0.1) is 0 Å². The van der Waals surface area contributed by atoms with Crippen LogP contribution in [0, 0.1) is 0 Å². The van der Waals surface area contributed by atoms with E-state index < -0.39 is 0 Å². The number of aromatic nitrogens is 3. The van der Waals surface area contributed by atoms with Crippen molar-refractivity contribution in [1.29, 1.82) is 0 Å². The molecule has 5 heteroatoms. The summed E-state index contributed by atoms with van der Waals surface area (Å²) in [6, 6.07) is 65.6. The van der Waals surface area contributed by atoms with Gasteiger partial charge in [0.15, 0.2) is 17.5 Å². The highest BCUT2D eigenvalue weighted by Gasteiger charge is 2.21. The number of rotatable bonds is 6. The summed E-state index contributed by atoms with van der Waals surface area (Å²) in [5.74, 6) is 1.90. The second-order valence-electron chi connectivity index (χ2n) is 13.9. The quantitative estimate of drug-likeness (QED) is 0.171. The molecule has 0 saturated heterocycles. The van der Waals surface area contributed by atoms with E-state index >= 15 is 0 Å². The third-order valence-corrected chi connectivity index (χ3v) is 11.7. The number of hydrogen-bond donors (Lipinski definition) is 0. The fraction of sp³-hybridized carbons (Fsp3) is 0. The lowest BCUT2D eigenvalue weighted by Crippen LogP contribution is -2.00. The zero-order valence-corrected chi connectivity index (χ0v) is 30.9. The average molecular weight is 734 g/mol. The molecular weight excluding hydrogens is 703 g/mol. The molecule has 8 aromatic carbocycles. The summed E-state index contributed by atoms with van der Waals surface area (Å²) in [6.07, 6.45) is 0. The highest BCUT2D eigenvalue weighted by molar-refractivity contribution is 7.26. The number of nitrogens with zero attached hydrogens (tertiary/aromatic N) is 3. The molecule has 0 aliphatic heterocycles. The van der Waals surface area contributed by atoms with Crippen molar-refractivity contribution in [3.05, 3.63) is 188 Å². The summed E-state index contributed by atoms with van der Waals surface area (Å²) in [5.41, 5.74) is 11.4. The van der Waals surface area contributed by atoms with Crippen LogP contribution in [-0.2, 0) is 0 Å². The second kappa shape index (κ2) is 13.3. The third-order valence-electron chi connectivity index (χ3n) is 10.6. The Morgan fingerprint density at radius 2 is 0.929 bits per heavy atom. The Balaban J connectivity index is 1.08. The second-order valence-corrected chi connectivity index (χ2v) is 15.0. The molecule has 4 nitrogen and oxygen atoms in total. The number of hydrogen-bond acceptors (Lipinski definition) is 5. The Morgan fingerprint density at radius 1 is 0.339 bits per heavy atom. The van der Waals surface area contributed by atoms with Gasteiger partial charge >= 0.3 is 0 Å². The van der Waals surface area contributed by atoms with Crippen LogP contribution in [0.4, 0.5) is 0 Å². The number of para-hydroxylation sites is 1. The first-order valence-electron chi connectivity index (χ1n) is 18.7. The lowest BCUT2D eigenvalue weighted by molar-refractivity contribution is 0.670. The molecule has 0 N–H and O–H groups in total. The Morgan fingerprint density at radius 3 is 1.66 bits per heavy atom. The van der Waals surface area contributed by atoms with E-state index in [-0.39, 0.29) is 0 Å². The first-order valence-corrected chi connectivity index (χ1v) is 19.5. The van der Waals surface area contributed by atoms with Crippen molar-refractivity contribution in [2.45, 2.75) is 0 Å². The van der Waals surface area contributed by atoms with E-state index in [9.17, 15) is 0 Å². The molecule has 56 heavy (non-hydrogen) atoms. The molecule has 3 aromatic heterocycles. The molecule has 0 saturated carbocycles. The van der Waals surface area contributed by atoms with E-state index in [4.69, 9.17) is 19.4 Å². The minimum absolute atomic E-state index is 0.621. The minimum atomic E-state index is 0.621. The zero-order chi connectivity index (χ0) is 37.0. The van der Waals surface area contributed by atoms with Crippen molar-refractivity contribution in [2.75, 3.05) is 0 Å². The molecule has 0 bridgehead atoms. The van der Waals surface area contributed by atoms with Gasteiger partial charge in [0.2, 0.25) is 0 Å². The van der Waals surface area contributed by atoms with Gasteiger partial charge in [-0.1, -0.05) is 158 Å². The topological polar surface area (TPSA) is 51.8 Å². The van der Waals surface area contributed by atoms with Crippen LogP contribution in [0.15, 0.2) is 192 Å².